The van der Waals surface area contributed by atoms with E-state index in [1.165, 1.54) is 0 Å². The smallest absolute Gasteiger partial charge is 0.269 e. The van der Waals surface area contributed by atoms with E-state index in [1.54, 1.807) is 12.1 Å². The minimum atomic E-state index is -0.359. The molecule has 26 heavy (non-hydrogen) atoms. The maximum atomic E-state index is 10.7. The van der Waals surface area contributed by atoms with Gasteiger partial charge >= 0.3 is 0 Å². The summed E-state index contributed by atoms with van der Waals surface area (Å²) >= 11 is 0. The SMILES string of the molecule is O=[N+]([O-])c1ccc(CN2CCC(Nc3ccc4[nH]ncc4c3)CC2)cc1. The van der Waals surface area contributed by atoms with Crippen LogP contribution in [0.25, 0.3) is 10.9 Å². The zero-order valence-electron chi connectivity index (χ0n) is 14.4. The van der Waals surface area contributed by atoms with E-state index < -0.39 is 0 Å². The number of anilines is 1. The molecule has 7 nitrogen and oxygen atoms in total. The summed E-state index contributed by atoms with van der Waals surface area (Å²) in [7, 11) is 0. The van der Waals surface area contributed by atoms with Gasteiger partial charge in [0.15, 0.2) is 0 Å². The van der Waals surface area contributed by atoms with Gasteiger partial charge in [-0.2, -0.15) is 5.10 Å². The number of nitrogens with one attached hydrogen (secondary N) is 2. The number of likely N-dealkylation sites (tertiary alicyclic amines) is 1. The van der Waals surface area contributed by atoms with Gasteiger partial charge in [0.2, 0.25) is 0 Å². The Balaban J connectivity index is 1.30. The molecular formula is C19H21N5O2. The van der Waals surface area contributed by atoms with Gasteiger partial charge in [-0.3, -0.25) is 20.1 Å². The molecule has 2 heterocycles. The lowest BCUT2D eigenvalue weighted by atomic mass is 10.0. The number of non-ortho nitro benzene ring substituents is 1. The molecule has 1 aromatic heterocycles. The van der Waals surface area contributed by atoms with Gasteiger partial charge in [-0.25, -0.2) is 0 Å². The van der Waals surface area contributed by atoms with Gasteiger partial charge in [-0.15, -0.1) is 0 Å². The van der Waals surface area contributed by atoms with Crippen LogP contribution in [0.5, 0.6) is 0 Å². The lowest BCUT2D eigenvalue weighted by Gasteiger charge is -2.32. The van der Waals surface area contributed by atoms with Gasteiger partial charge < -0.3 is 5.32 Å². The van der Waals surface area contributed by atoms with E-state index in [1.807, 2.05) is 24.4 Å². The Bertz CT molecular complexity index is 898. The number of hydrogen-bond acceptors (Lipinski definition) is 5. The number of aromatic amines is 1. The molecule has 1 fully saturated rings. The first-order chi connectivity index (χ1) is 12.7. The fourth-order valence-electron chi connectivity index (χ4n) is 3.48. The van der Waals surface area contributed by atoms with Crippen molar-refractivity contribution in [1.29, 1.82) is 0 Å². The van der Waals surface area contributed by atoms with Gasteiger partial charge in [-0.1, -0.05) is 12.1 Å². The van der Waals surface area contributed by atoms with E-state index in [-0.39, 0.29) is 10.6 Å². The Kier molecular flexibility index (Phi) is 4.53. The number of rotatable bonds is 5. The number of aromatic nitrogens is 2. The normalized spacial score (nSPS) is 16.0. The standard InChI is InChI=1S/C19H21N5O2/c25-24(26)18-4-1-14(2-5-18)13-23-9-7-16(8-10-23)21-17-3-6-19-15(11-17)12-20-22-19/h1-6,11-12,16,21H,7-10,13H2,(H,20,22). The Hall–Kier alpha value is -2.93. The monoisotopic (exact) mass is 351 g/mol. The quantitative estimate of drug-likeness (QED) is 0.542. The highest BCUT2D eigenvalue weighted by atomic mass is 16.6. The van der Waals surface area contributed by atoms with Crippen LogP contribution in [0.1, 0.15) is 18.4 Å². The summed E-state index contributed by atoms with van der Waals surface area (Å²) in [6.07, 6.45) is 4.00. The molecule has 0 bridgehead atoms. The van der Waals surface area contributed by atoms with Crippen LogP contribution in [-0.4, -0.2) is 39.2 Å². The molecule has 1 saturated heterocycles. The van der Waals surface area contributed by atoms with Gasteiger partial charge in [-0.05, 0) is 36.6 Å². The largest absolute Gasteiger partial charge is 0.382 e. The molecule has 0 spiro atoms. The van der Waals surface area contributed by atoms with Gasteiger partial charge in [0.05, 0.1) is 16.6 Å². The molecule has 7 heteroatoms. The van der Waals surface area contributed by atoms with Crippen LogP contribution in [0.3, 0.4) is 0 Å². The highest BCUT2D eigenvalue weighted by Gasteiger charge is 2.19. The summed E-state index contributed by atoms with van der Waals surface area (Å²) < 4.78 is 0. The molecule has 3 aromatic rings. The van der Waals surface area contributed by atoms with Crippen molar-refractivity contribution < 1.29 is 4.92 Å². The van der Waals surface area contributed by atoms with Crippen molar-refractivity contribution in [2.24, 2.45) is 0 Å². The predicted molar refractivity (Wildman–Crippen MR) is 101 cm³/mol. The zero-order chi connectivity index (χ0) is 17.9. The summed E-state index contributed by atoms with van der Waals surface area (Å²) in [4.78, 5) is 12.8. The van der Waals surface area contributed by atoms with E-state index in [4.69, 9.17) is 0 Å². The van der Waals surface area contributed by atoms with E-state index in [0.29, 0.717) is 6.04 Å². The van der Waals surface area contributed by atoms with Crippen LogP contribution in [0, 0.1) is 10.1 Å². The Morgan fingerprint density at radius 1 is 1.19 bits per heavy atom. The van der Waals surface area contributed by atoms with Crippen molar-refractivity contribution >= 4 is 22.3 Å². The second-order valence-corrected chi connectivity index (χ2v) is 6.79. The van der Waals surface area contributed by atoms with Crippen molar-refractivity contribution in [3.63, 3.8) is 0 Å². The van der Waals surface area contributed by atoms with Crippen LogP contribution in [0.4, 0.5) is 11.4 Å². The number of nitro groups is 1. The molecule has 1 aliphatic heterocycles. The van der Waals surface area contributed by atoms with Crippen LogP contribution >= 0.6 is 0 Å². The Labute approximate surface area is 151 Å². The lowest BCUT2D eigenvalue weighted by Crippen LogP contribution is -2.38. The number of H-pyrrole nitrogens is 1. The summed E-state index contributed by atoms with van der Waals surface area (Å²) in [5.74, 6) is 0. The molecule has 2 N–H and O–H groups in total. The average molecular weight is 351 g/mol. The molecule has 0 atom stereocenters. The molecule has 2 aromatic carbocycles. The topological polar surface area (TPSA) is 87.1 Å². The van der Waals surface area contributed by atoms with Crippen molar-refractivity contribution in [3.05, 3.63) is 64.3 Å². The second kappa shape index (κ2) is 7.13. The average Bonchev–Trinajstić information content (AvgIpc) is 3.12. The minimum Gasteiger partial charge on any atom is -0.382 e. The molecule has 0 radical (unpaired) electrons. The molecule has 0 saturated carbocycles. The summed E-state index contributed by atoms with van der Waals surface area (Å²) in [5.41, 5.74) is 3.44. The number of nitro benzene ring substituents is 1. The maximum Gasteiger partial charge on any atom is 0.269 e. The van der Waals surface area contributed by atoms with Gasteiger partial charge in [0.25, 0.3) is 5.69 Å². The predicted octanol–water partition coefficient (Wildman–Crippen LogP) is 3.55. The van der Waals surface area contributed by atoms with Crippen molar-refractivity contribution in [1.82, 2.24) is 15.1 Å². The minimum absolute atomic E-state index is 0.145. The summed E-state index contributed by atoms with van der Waals surface area (Å²) in [5, 5.41) is 22.5. The van der Waals surface area contributed by atoms with Crippen molar-refractivity contribution in [3.8, 4) is 0 Å². The third-order valence-electron chi connectivity index (χ3n) is 4.95. The van der Waals surface area contributed by atoms with Crippen molar-refractivity contribution in [2.75, 3.05) is 18.4 Å². The highest BCUT2D eigenvalue weighted by Crippen LogP contribution is 2.22. The fourth-order valence-corrected chi connectivity index (χ4v) is 3.48. The third-order valence-corrected chi connectivity index (χ3v) is 4.95. The van der Waals surface area contributed by atoms with E-state index in [2.05, 4.69) is 32.5 Å². The molecule has 4 rings (SSSR count). The van der Waals surface area contributed by atoms with E-state index >= 15 is 0 Å². The molecular weight excluding hydrogens is 330 g/mol. The molecule has 1 aliphatic rings. The van der Waals surface area contributed by atoms with E-state index in [0.717, 1.165) is 54.6 Å². The molecule has 0 amide bonds. The molecule has 134 valence electrons. The molecule has 0 unspecified atom stereocenters. The number of hydrogen-bond donors (Lipinski definition) is 2. The van der Waals surface area contributed by atoms with Gasteiger partial charge in [0.1, 0.15) is 0 Å². The third kappa shape index (κ3) is 3.67. The number of nitrogens with zero attached hydrogens (tertiary/aromatic N) is 3. The first kappa shape index (κ1) is 16.5. The van der Waals surface area contributed by atoms with Crippen LogP contribution in [0.2, 0.25) is 0 Å². The maximum absolute atomic E-state index is 10.7. The van der Waals surface area contributed by atoms with Crippen LogP contribution in [-0.2, 0) is 6.54 Å². The molecule has 0 aliphatic carbocycles. The Morgan fingerprint density at radius 2 is 1.96 bits per heavy atom. The lowest BCUT2D eigenvalue weighted by molar-refractivity contribution is -0.384. The number of benzene rings is 2. The highest BCUT2D eigenvalue weighted by molar-refractivity contribution is 5.81. The first-order valence-electron chi connectivity index (χ1n) is 8.83. The second-order valence-electron chi connectivity index (χ2n) is 6.79. The van der Waals surface area contributed by atoms with Gasteiger partial charge in [0, 0.05) is 48.9 Å². The zero-order valence-corrected chi connectivity index (χ0v) is 14.4. The first-order valence-corrected chi connectivity index (χ1v) is 8.83. The van der Waals surface area contributed by atoms with Crippen LogP contribution in [0.15, 0.2) is 48.7 Å². The van der Waals surface area contributed by atoms with Crippen molar-refractivity contribution in [2.45, 2.75) is 25.4 Å². The number of piperidine rings is 1. The fraction of sp³-hybridized carbons (Fsp3) is 0.316. The van der Waals surface area contributed by atoms with E-state index in [9.17, 15) is 10.1 Å². The summed E-state index contributed by atoms with van der Waals surface area (Å²) in [6.45, 7) is 2.87. The Morgan fingerprint density at radius 3 is 2.69 bits per heavy atom. The summed E-state index contributed by atoms with van der Waals surface area (Å²) in [6, 6.07) is 13.6. The number of fused-ring (bicyclic) bond motifs is 1. The van der Waals surface area contributed by atoms with Crippen LogP contribution < -0.4 is 5.32 Å².